The lowest BCUT2D eigenvalue weighted by molar-refractivity contribution is 0.184. The molecule has 0 unspecified atom stereocenters. The number of hydrogen-bond donors (Lipinski definition) is 1. The second-order valence-corrected chi connectivity index (χ2v) is 7.77. The van der Waals surface area contributed by atoms with Crippen molar-refractivity contribution in [2.24, 2.45) is 5.92 Å². The molecular formula is C17H22N4O2S. The lowest BCUT2D eigenvalue weighted by atomic mass is 10.0. The number of likely N-dealkylation sites (tertiary alicyclic amines) is 1. The Hall–Kier alpha value is -1.93. The van der Waals surface area contributed by atoms with E-state index in [0.29, 0.717) is 25.9 Å². The first kappa shape index (κ1) is 18.4. The molecule has 1 aromatic rings. The molecule has 2 rings (SSSR count). The van der Waals surface area contributed by atoms with Gasteiger partial charge >= 0.3 is 0 Å². The van der Waals surface area contributed by atoms with Crippen LogP contribution >= 0.6 is 0 Å². The van der Waals surface area contributed by atoms with Gasteiger partial charge in [-0.3, -0.25) is 0 Å². The van der Waals surface area contributed by atoms with E-state index in [0.717, 1.165) is 19.4 Å². The quantitative estimate of drug-likeness (QED) is 0.813. The summed E-state index contributed by atoms with van der Waals surface area (Å²) < 4.78 is 27.6. The lowest BCUT2D eigenvalue weighted by Crippen LogP contribution is -2.48. The van der Waals surface area contributed by atoms with Crippen molar-refractivity contribution in [2.45, 2.75) is 36.6 Å². The number of nitrogens with zero attached hydrogens (tertiary/aromatic N) is 3. The molecule has 1 aromatic carbocycles. The van der Waals surface area contributed by atoms with Crippen LogP contribution < -0.4 is 4.72 Å². The molecule has 1 saturated heterocycles. The van der Waals surface area contributed by atoms with E-state index in [9.17, 15) is 13.7 Å². The minimum atomic E-state index is -3.52. The summed E-state index contributed by atoms with van der Waals surface area (Å²) in [6.45, 7) is 2.03. The summed E-state index contributed by atoms with van der Waals surface area (Å²) in [6, 6.07) is 12.5. The number of rotatable bonds is 7. The third kappa shape index (κ3) is 5.31. The van der Waals surface area contributed by atoms with Crippen LogP contribution in [-0.2, 0) is 10.0 Å². The first-order valence-corrected chi connectivity index (χ1v) is 9.60. The van der Waals surface area contributed by atoms with Crippen molar-refractivity contribution in [1.29, 1.82) is 10.5 Å². The molecule has 0 amide bonds. The third-order valence-corrected chi connectivity index (χ3v) is 5.68. The normalized spacial score (nSPS) is 20.0. The van der Waals surface area contributed by atoms with Gasteiger partial charge in [-0.05, 0) is 37.9 Å². The van der Waals surface area contributed by atoms with Crippen LogP contribution in [0.15, 0.2) is 35.2 Å². The number of benzene rings is 1. The Kier molecular flexibility index (Phi) is 6.74. The number of hydrogen-bond acceptors (Lipinski definition) is 5. The fraction of sp³-hybridized carbons (Fsp3) is 0.529. The molecule has 1 aliphatic heterocycles. The van der Waals surface area contributed by atoms with Gasteiger partial charge in [-0.15, -0.1) is 0 Å². The van der Waals surface area contributed by atoms with Gasteiger partial charge in [-0.25, -0.2) is 13.1 Å². The predicted octanol–water partition coefficient (Wildman–Crippen LogP) is 1.87. The average molecular weight is 346 g/mol. The van der Waals surface area contributed by atoms with Gasteiger partial charge in [0, 0.05) is 25.6 Å². The van der Waals surface area contributed by atoms with Crippen LogP contribution in [0, 0.1) is 28.6 Å². The van der Waals surface area contributed by atoms with E-state index in [2.05, 4.69) is 21.8 Å². The van der Waals surface area contributed by atoms with Gasteiger partial charge < -0.3 is 4.90 Å². The van der Waals surface area contributed by atoms with Crippen LogP contribution in [0.4, 0.5) is 0 Å². The molecule has 1 aliphatic rings. The molecule has 7 heteroatoms. The molecule has 0 aromatic heterocycles. The fourth-order valence-electron chi connectivity index (χ4n) is 2.95. The highest BCUT2D eigenvalue weighted by atomic mass is 32.2. The Morgan fingerprint density at radius 2 is 2.04 bits per heavy atom. The maximum atomic E-state index is 12.4. The van der Waals surface area contributed by atoms with Crippen molar-refractivity contribution in [3.63, 3.8) is 0 Å². The molecule has 0 radical (unpaired) electrons. The van der Waals surface area contributed by atoms with Crippen LogP contribution in [0.3, 0.4) is 0 Å². The SMILES string of the molecule is N#CCC[C@@H](C#N)CN1CCC[C@@H](NS(=O)(=O)c2ccccc2)C1. The zero-order chi connectivity index (χ0) is 17.4. The molecule has 0 aliphatic carbocycles. The highest BCUT2D eigenvalue weighted by Crippen LogP contribution is 2.17. The van der Waals surface area contributed by atoms with E-state index in [1.165, 1.54) is 0 Å². The summed E-state index contributed by atoms with van der Waals surface area (Å²) in [5.41, 5.74) is 0. The van der Waals surface area contributed by atoms with Gasteiger partial charge in [0.15, 0.2) is 0 Å². The van der Waals surface area contributed by atoms with E-state index in [1.807, 2.05) is 0 Å². The zero-order valence-electron chi connectivity index (χ0n) is 13.6. The minimum absolute atomic E-state index is 0.153. The van der Waals surface area contributed by atoms with Gasteiger partial charge in [-0.1, -0.05) is 18.2 Å². The Labute approximate surface area is 143 Å². The van der Waals surface area contributed by atoms with Crippen molar-refractivity contribution in [2.75, 3.05) is 19.6 Å². The minimum Gasteiger partial charge on any atom is -0.300 e. The molecule has 1 heterocycles. The van der Waals surface area contributed by atoms with Crippen molar-refractivity contribution in [1.82, 2.24) is 9.62 Å². The molecule has 0 saturated carbocycles. The monoisotopic (exact) mass is 346 g/mol. The second-order valence-electron chi connectivity index (χ2n) is 6.06. The zero-order valence-corrected chi connectivity index (χ0v) is 14.4. The van der Waals surface area contributed by atoms with Crippen molar-refractivity contribution in [3.8, 4) is 12.1 Å². The smallest absolute Gasteiger partial charge is 0.240 e. The maximum absolute atomic E-state index is 12.4. The summed E-state index contributed by atoms with van der Waals surface area (Å²) in [5.74, 6) is -0.186. The number of nitriles is 2. The van der Waals surface area contributed by atoms with Gasteiger partial charge in [-0.2, -0.15) is 10.5 Å². The average Bonchev–Trinajstić information content (AvgIpc) is 2.59. The molecule has 0 spiro atoms. The van der Waals surface area contributed by atoms with Crippen LogP contribution in [-0.4, -0.2) is 39.0 Å². The first-order valence-electron chi connectivity index (χ1n) is 8.11. The third-order valence-electron chi connectivity index (χ3n) is 4.15. The number of piperidine rings is 1. The van der Waals surface area contributed by atoms with E-state index in [4.69, 9.17) is 5.26 Å². The van der Waals surface area contributed by atoms with Crippen LogP contribution in [0.25, 0.3) is 0 Å². The number of nitrogens with one attached hydrogen (secondary N) is 1. The van der Waals surface area contributed by atoms with Gasteiger partial charge in [0.1, 0.15) is 0 Å². The second kappa shape index (κ2) is 8.79. The van der Waals surface area contributed by atoms with E-state index in [1.54, 1.807) is 30.3 Å². The molecule has 1 fully saturated rings. The molecule has 128 valence electrons. The van der Waals surface area contributed by atoms with Crippen LogP contribution in [0.2, 0.25) is 0 Å². The van der Waals surface area contributed by atoms with Crippen molar-refractivity contribution < 1.29 is 8.42 Å². The fourth-order valence-corrected chi connectivity index (χ4v) is 4.23. The van der Waals surface area contributed by atoms with Crippen molar-refractivity contribution >= 4 is 10.0 Å². The Balaban J connectivity index is 1.94. The first-order chi connectivity index (χ1) is 11.5. The molecule has 6 nitrogen and oxygen atoms in total. The number of sulfonamides is 1. The Morgan fingerprint density at radius 1 is 1.29 bits per heavy atom. The molecule has 2 atom stereocenters. The highest BCUT2D eigenvalue weighted by Gasteiger charge is 2.26. The van der Waals surface area contributed by atoms with Crippen LogP contribution in [0.1, 0.15) is 25.7 Å². The Bertz CT molecular complexity index is 706. The summed E-state index contributed by atoms with van der Waals surface area (Å²) >= 11 is 0. The van der Waals surface area contributed by atoms with E-state index in [-0.39, 0.29) is 16.9 Å². The lowest BCUT2D eigenvalue weighted by Gasteiger charge is -2.33. The molecule has 24 heavy (non-hydrogen) atoms. The summed E-state index contributed by atoms with van der Waals surface area (Å²) in [6.07, 6.45) is 2.61. The topological polar surface area (TPSA) is 97.0 Å². The van der Waals surface area contributed by atoms with Crippen LogP contribution in [0.5, 0.6) is 0 Å². The largest absolute Gasteiger partial charge is 0.300 e. The molecular weight excluding hydrogens is 324 g/mol. The summed E-state index contributed by atoms with van der Waals surface area (Å²) in [5, 5.41) is 17.8. The van der Waals surface area contributed by atoms with Crippen molar-refractivity contribution in [3.05, 3.63) is 30.3 Å². The molecule has 1 N–H and O–H groups in total. The summed E-state index contributed by atoms with van der Waals surface area (Å²) in [7, 11) is -3.52. The van der Waals surface area contributed by atoms with E-state index < -0.39 is 10.0 Å². The van der Waals surface area contributed by atoms with E-state index >= 15 is 0 Å². The van der Waals surface area contributed by atoms with Gasteiger partial charge in [0.05, 0.1) is 23.0 Å². The predicted molar refractivity (Wildman–Crippen MR) is 90.2 cm³/mol. The summed E-state index contributed by atoms with van der Waals surface area (Å²) in [4.78, 5) is 2.39. The van der Waals surface area contributed by atoms with Gasteiger partial charge in [0.2, 0.25) is 10.0 Å². The Morgan fingerprint density at radius 3 is 2.71 bits per heavy atom. The standard InChI is InChI=1S/C17H22N4O2S/c18-10-4-6-15(12-19)13-21-11-5-7-16(14-21)20-24(22,23)17-8-2-1-3-9-17/h1-3,8-9,15-16,20H,4-7,11,13-14H2/t15-,16+/m0/s1. The highest BCUT2D eigenvalue weighted by molar-refractivity contribution is 7.89. The maximum Gasteiger partial charge on any atom is 0.240 e. The van der Waals surface area contributed by atoms with Gasteiger partial charge in [0.25, 0.3) is 0 Å². The molecule has 0 bridgehead atoms.